The van der Waals surface area contributed by atoms with Crippen molar-refractivity contribution in [2.24, 2.45) is 0 Å². The summed E-state index contributed by atoms with van der Waals surface area (Å²) in [5, 5.41) is 9.03. The van der Waals surface area contributed by atoms with E-state index in [1.165, 1.54) is 44.3 Å². The summed E-state index contributed by atoms with van der Waals surface area (Å²) in [4.78, 5) is 2.48. The largest absolute Gasteiger partial charge is 0.299 e. The van der Waals surface area contributed by atoms with E-state index in [2.05, 4.69) is 17.0 Å². The number of rotatable bonds is 2. The highest BCUT2D eigenvalue weighted by Gasteiger charge is 2.10. The summed E-state index contributed by atoms with van der Waals surface area (Å²) < 4.78 is 0. The molecule has 16 heavy (non-hydrogen) atoms. The van der Waals surface area contributed by atoms with Crippen molar-refractivity contribution < 1.29 is 0 Å². The van der Waals surface area contributed by atoms with Crippen LogP contribution in [0.3, 0.4) is 0 Å². The van der Waals surface area contributed by atoms with Crippen LogP contribution in [0, 0.1) is 11.3 Å². The highest BCUT2D eigenvalue weighted by atomic mass is 15.1. The lowest BCUT2D eigenvalue weighted by Crippen LogP contribution is -2.24. The fraction of sp³-hybridized carbons (Fsp3) is 0.500. The highest BCUT2D eigenvalue weighted by molar-refractivity contribution is 5.37. The van der Waals surface area contributed by atoms with Crippen LogP contribution in [0.15, 0.2) is 24.3 Å². The Hall–Kier alpha value is -1.33. The molecule has 0 atom stereocenters. The van der Waals surface area contributed by atoms with Crippen molar-refractivity contribution in [2.45, 2.75) is 32.2 Å². The van der Waals surface area contributed by atoms with Crippen LogP contribution in [0.2, 0.25) is 0 Å². The van der Waals surface area contributed by atoms with Crippen LogP contribution >= 0.6 is 0 Å². The third-order valence-electron chi connectivity index (χ3n) is 3.23. The fourth-order valence-electron chi connectivity index (χ4n) is 2.30. The van der Waals surface area contributed by atoms with Crippen molar-refractivity contribution in [3.05, 3.63) is 35.4 Å². The first-order valence-corrected chi connectivity index (χ1v) is 6.10. The van der Waals surface area contributed by atoms with Crippen molar-refractivity contribution in [1.29, 1.82) is 5.26 Å². The van der Waals surface area contributed by atoms with Crippen molar-refractivity contribution in [2.75, 3.05) is 13.1 Å². The molecule has 1 aromatic rings. The summed E-state index contributed by atoms with van der Waals surface area (Å²) in [6, 6.07) is 10.2. The monoisotopic (exact) mass is 214 g/mol. The van der Waals surface area contributed by atoms with Gasteiger partial charge in [-0.15, -0.1) is 0 Å². The minimum Gasteiger partial charge on any atom is -0.299 e. The van der Waals surface area contributed by atoms with Crippen molar-refractivity contribution in [3.8, 4) is 6.07 Å². The molecule has 0 bridgehead atoms. The van der Waals surface area contributed by atoms with Crippen molar-refractivity contribution >= 4 is 0 Å². The number of hydrogen-bond acceptors (Lipinski definition) is 2. The van der Waals surface area contributed by atoms with Crippen LogP contribution in [-0.4, -0.2) is 18.0 Å². The van der Waals surface area contributed by atoms with Gasteiger partial charge < -0.3 is 0 Å². The Morgan fingerprint density at radius 3 is 2.44 bits per heavy atom. The van der Waals surface area contributed by atoms with E-state index in [4.69, 9.17) is 5.26 Å². The van der Waals surface area contributed by atoms with Gasteiger partial charge in [0.05, 0.1) is 11.6 Å². The molecule has 1 fully saturated rings. The molecule has 1 saturated heterocycles. The predicted octanol–water partition coefficient (Wildman–Crippen LogP) is 2.93. The standard InChI is InChI=1S/C14H18N2/c15-11-13-7-3-4-8-14(13)12-16-9-5-1-2-6-10-16/h3-4,7-8H,1-2,5-6,9-10,12H2. The topological polar surface area (TPSA) is 27.0 Å². The first-order valence-electron chi connectivity index (χ1n) is 6.10. The second-order valence-electron chi connectivity index (χ2n) is 4.46. The Balaban J connectivity index is 2.05. The Morgan fingerprint density at radius 1 is 1.06 bits per heavy atom. The van der Waals surface area contributed by atoms with Crippen LogP contribution in [0.25, 0.3) is 0 Å². The van der Waals surface area contributed by atoms with Gasteiger partial charge in [0.25, 0.3) is 0 Å². The van der Waals surface area contributed by atoms with Gasteiger partial charge in [-0.25, -0.2) is 0 Å². The lowest BCUT2D eigenvalue weighted by Gasteiger charge is -2.20. The third kappa shape index (κ3) is 2.84. The Kier molecular flexibility index (Phi) is 3.96. The van der Waals surface area contributed by atoms with Gasteiger partial charge in [-0.3, -0.25) is 4.90 Å². The molecular formula is C14H18N2. The first-order chi connectivity index (χ1) is 7.90. The molecule has 1 aliphatic rings. The predicted molar refractivity (Wildman–Crippen MR) is 64.9 cm³/mol. The Morgan fingerprint density at radius 2 is 1.75 bits per heavy atom. The normalized spacial score (nSPS) is 17.7. The second kappa shape index (κ2) is 5.67. The van der Waals surface area contributed by atoms with Crippen LogP contribution < -0.4 is 0 Å². The number of nitrogens with zero attached hydrogens (tertiary/aromatic N) is 2. The number of likely N-dealkylation sites (tertiary alicyclic amines) is 1. The smallest absolute Gasteiger partial charge is 0.0995 e. The molecule has 0 unspecified atom stereocenters. The average molecular weight is 214 g/mol. The zero-order chi connectivity index (χ0) is 11.2. The minimum atomic E-state index is 0.826. The van der Waals surface area contributed by atoms with Gasteiger partial charge in [0.1, 0.15) is 0 Å². The van der Waals surface area contributed by atoms with Gasteiger partial charge in [-0.1, -0.05) is 31.0 Å². The summed E-state index contributed by atoms with van der Waals surface area (Å²) in [5.74, 6) is 0. The quantitative estimate of drug-likeness (QED) is 0.757. The molecule has 1 heterocycles. The zero-order valence-electron chi connectivity index (χ0n) is 9.65. The molecule has 0 aromatic heterocycles. The maximum absolute atomic E-state index is 9.03. The van der Waals surface area contributed by atoms with Gasteiger partial charge in [-0.2, -0.15) is 5.26 Å². The van der Waals surface area contributed by atoms with Gasteiger partial charge in [0, 0.05) is 6.54 Å². The second-order valence-corrected chi connectivity index (χ2v) is 4.46. The van der Waals surface area contributed by atoms with Gasteiger partial charge in [0.15, 0.2) is 0 Å². The fourth-order valence-corrected chi connectivity index (χ4v) is 2.30. The maximum Gasteiger partial charge on any atom is 0.0995 e. The number of nitriles is 1. The molecule has 0 radical (unpaired) electrons. The van der Waals surface area contributed by atoms with E-state index in [0.717, 1.165) is 12.1 Å². The molecule has 0 amide bonds. The Labute approximate surface area is 97.5 Å². The number of benzene rings is 1. The van der Waals surface area contributed by atoms with E-state index >= 15 is 0 Å². The number of hydrogen-bond donors (Lipinski definition) is 0. The van der Waals surface area contributed by atoms with E-state index in [-0.39, 0.29) is 0 Å². The average Bonchev–Trinajstić information content (AvgIpc) is 2.58. The van der Waals surface area contributed by atoms with Gasteiger partial charge in [0.2, 0.25) is 0 Å². The lowest BCUT2D eigenvalue weighted by molar-refractivity contribution is 0.277. The van der Waals surface area contributed by atoms with Gasteiger partial charge >= 0.3 is 0 Å². The summed E-state index contributed by atoms with van der Waals surface area (Å²) >= 11 is 0. The minimum absolute atomic E-state index is 0.826. The van der Waals surface area contributed by atoms with Crippen molar-refractivity contribution in [1.82, 2.24) is 4.90 Å². The van der Waals surface area contributed by atoms with E-state index < -0.39 is 0 Å². The molecule has 2 rings (SSSR count). The summed E-state index contributed by atoms with van der Waals surface area (Å²) in [6.07, 6.45) is 5.32. The Bertz CT molecular complexity index is 371. The summed E-state index contributed by atoms with van der Waals surface area (Å²) in [6.45, 7) is 3.29. The third-order valence-corrected chi connectivity index (χ3v) is 3.23. The highest BCUT2D eigenvalue weighted by Crippen LogP contribution is 2.15. The molecule has 84 valence electrons. The molecule has 0 saturated carbocycles. The molecule has 0 N–H and O–H groups in total. The van der Waals surface area contributed by atoms with E-state index in [9.17, 15) is 0 Å². The van der Waals surface area contributed by atoms with Crippen LogP contribution in [0.1, 0.15) is 36.8 Å². The SMILES string of the molecule is N#Cc1ccccc1CN1CCCCCC1. The van der Waals surface area contributed by atoms with Crippen molar-refractivity contribution in [3.63, 3.8) is 0 Å². The molecule has 0 aliphatic carbocycles. The summed E-state index contributed by atoms with van der Waals surface area (Å²) in [5.41, 5.74) is 2.00. The first kappa shape index (κ1) is 11.2. The maximum atomic E-state index is 9.03. The van der Waals surface area contributed by atoms with E-state index in [1.807, 2.05) is 18.2 Å². The molecule has 0 spiro atoms. The molecule has 2 nitrogen and oxygen atoms in total. The molecular weight excluding hydrogens is 196 g/mol. The van der Waals surface area contributed by atoms with Crippen LogP contribution in [0.5, 0.6) is 0 Å². The molecule has 2 heteroatoms. The van der Waals surface area contributed by atoms with Crippen LogP contribution in [-0.2, 0) is 6.54 Å². The van der Waals surface area contributed by atoms with Crippen LogP contribution in [0.4, 0.5) is 0 Å². The molecule has 1 aromatic carbocycles. The zero-order valence-corrected chi connectivity index (χ0v) is 9.65. The van der Waals surface area contributed by atoms with E-state index in [1.54, 1.807) is 0 Å². The molecule has 1 aliphatic heterocycles. The van der Waals surface area contributed by atoms with E-state index in [0.29, 0.717) is 0 Å². The lowest BCUT2D eigenvalue weighted by atomic mass is 10.1. The van der Waals surface area contributed by atoms with Gasteiger partial charge in [-0.05, 0) is 37.6 Å². The summed E-state index contributed by atoms with van der Waals surface area (Å²) in [7, 11) is 0.